The highest BCUT2D eigenvalue weighted by Gasteiger charge is 2.36. The molecule has 0 heterocycles. The van der Waals surface area contributed by atoms with E-state index in [4.69, 9.17) is 4.33 Å². The maximum absolute atomic E-state index is 10.2. The van der Waals surface area contributed by atoms with Crippen LogP contribution in [0.1, 0.15) is 33.3 Å². The third kappa shape index (κ3) is 3.45. The number of hydrogen-bond donors (Lipinski definition) is 1. The van der Waals surface area contributed by atoms with Crippen LogP contribution in [0.15, 0.2) is 29.2 Å². The SMILES string of the molecule is COOSc1ccc(C(C)(C)C(C)(C)O)cc1. The molecule has 0 atom stereocenters. The summed E-state index contributed by atoms with van der Waals surface area (Å²) in [6.07, 6.45) is 0. The first-order valence-electron chi connectivity index (χ1n) is 5.49. The molecule has 0 aromatic heterocycles. The summed E-state index contributed by atoms with van der Waals surface area (Å²) in [5, 5.41) is 10.2. The van der Waals surface area contributed by atoms with Crippen molar-refractivity contribution >= 4 is 12.0 Å². The number of benzene rings is 1. The maximum Gasteiger partial charge on any atom is 0.0725 e. The molecule has 0 saturated carbocycles. The number of rotatable bonds is 5. The highest BCUT2D eigenvalue weighted by Crippen LogP contribution is 2.35. The Kier molecular flexibility index (Phi) is 4.61. The second kappa shape index (κ2) is 5.40. The van der Waals surface area contributed by atoms with Gasteiger partial charge in [0.1, 0.15) is 0 Å². The molecule has 3 nitrogen and oxygen atoms in total. The lowest BCUT2D eigenvalue weighted by Gasteiger charge is -2.37. The van der Waals surface area contributed by atoms with Crippen molar-refractivity contribution in [3.8, 4) is 0 Å². The van der Waals surface area contributed by atoms with E-state index in [1.807, 2.05) is 52.0 Å². The zero-order valence-corrected chi connectivity index (χ0v) is 11.8. The van der Waals surface area contributed by atoms with Gasteiger partial charge in [-0.1, -0.05) is 26.0 Å². The van der Waals surface area contributed by atoms with Crippen molar-refractivity contribution in [1.82, 2.24) is 0 Å². The van der Waals surface area contributed by atoms with Gasteiger partial charge < -0.3 is 5.11 Å². The standard InChI is InChI=1S/C13H20O3S/c1-12(2,13(3,4)14)10-6-8-11(9-7-10)17-16-15-5/h6-9,14H,1-5H3. The van der Waals surface area contributed by atoms with E-state index in [2.05, 4.69) is 4.89 Å². The zero-order valence-electron chi connectivity index (χ0n) is 11.0. The lowest BCUT2D eigenvalue weighted by atomic mass is 9.72. The van der Waals surface area contributed by atoms with E-state index in [1.54, 1.807) is 0 Å². The van der Waals surface area contributed by atoms with Crippen LogP contribution in [0.25, 0.3) is 0 Å². The molecule has 0 bridgehead atoms. The highest BCUT2D eigenvalue weighted by atomic mass is 32.2. The molecule has 0 saturated heterocycles. The first-order valence-corrected chi connectivity index (χ1v) is 6.23. The molecule has 96 valence electrons. The van der Waals surface area contributed by atoms with E-state index in [9.17, 15) is 5.11 Å². The zero-order chi connectivity index (χ0) is 13.1. The van der Waals surface area contributed by atoms with Crippen LogP contribution >= 0.6 is 12.0 Å². The fourth-order valence-electron chi connectivity index (χ4n) is 1.35. The molecule has 0 radical (unpaired) electrons. The lowest BCUT2D eigenvalue weighted by Crippen LogP contribution is -2.42. The molecule has 0 fully saturated rings. The van der Waals surface area contributed by atoms with Crippen molar-refractivity contribution in [1.29, 1.82) is 0 Å². The van der Waals surface area contributed by atoms with E-state index >= 15 is 0 Å². The van der Waals surface area contributed by atoms with Crippen LogP contribution in [-0.4, -0.2) is 17.8 Å². The summed E-state index contributed by atoms with van der Waals surface area (Å²) < 4.78 is 4.78. The van der Waals surface area contributed by atoms with Crippen molar-refractivity contribution in [3.63, 3.8) is 0 Å². The Balaban J connectivity index is 2.87. The van der Waals surface area contributed by atoms with E-state index in [1.165, 1.54) is 7.11 Å². The lowest BCUT2D eigenvalue weighted by molar-refractivity contribution is -0.160. The highest BCUT2D eigenvalue weighted by molar-refractivity contribution is 7.94. The molecular weight excluding hydrogens is 236 g/mol. The Bertz CT molecular complexity index is 352. The molecule has 1 aromatic rings. The molecule has 0 aliphatic heterocycles. The average Bonchev–Trinajstić information content (AvgIpc) is 2.25. The molecule has 0 aliphatic carbocycles. The molecule has 17 heavy (non-hydrogen) atoms. The van der Waals surface area contributed by atoms with Gasteiger partial charge in [-0.3, -0.25) is 0 Å². The third-order valence-electron chi connectivity index (χ3n) is 3.30. The first-order chi connectivity index (χ1) is 7.79. The Morgan fingerprint density at radius 3 is 2.00 bits per heavy atom. The van der Waals surface area contributed by atoms with Gasteiger partial charge in [0.25, 0.3) is 0 Å². The predicted octanol–water partition coefficient (Wildman–Crippen LogP) is 3.32. The maximum atomic E-state index is 10.2. The van der Waals surface area contributed by atoms with E-state index in [-0.39, 0.29) is 5.41 Å². The van der Waals surface area contributed by atoms with Crippen LogP contribution < -0.4 is 0 Å². The molecule has 0 aliphatic rings. The smallest absolute Gasteiger partial charge is 0.0725 e. The fraction of sp³-hybridized carbons (Fsp3) is 0.538. The first kappa shape index (κ1) is 14.5. The Hall–Kier alpha value is -0.550. The molecule has 4 heteroatoms. The van der Waals surface area contributed by atoms with Gasteiger partial charge in [-0.05, 0) is 31.5 Å². The van der Waals surface area contributed by atoms with Gasteiger partial charge in [-0.2, -0.15) is 4.33 Å². The third-order valence-corrected chi connectivity index (χ3v) is 3.97. The molecule has 0 amide bonds. The Morgan fingerprint density at radius 2 is 1.59 bits per heavy atom. The summed E-state index contributed by atoms with van der Waals surface area (Å²) in [4.78, 5) is 5.48. The molecule has 0 spiro atoms. The van der Waals surface area contributed by atoms with Gasteiger partial charge >= 0.3 is 0 Å². The summed E-state index contributed by atoms with van der Waals surface area (Å²) in [7, 11) is 1.47. The van der Waals surface area contributed by atoms with E-state index in [0.29, 0.717) is 0 Å². The molecule has 1 N–H and O–H groups in total. The van der Waals surface area contributed by atoms with Gasteiger partial charge in [0.15, 0.2) is 0 Å². The van der Waals surface area contributed by atoms with Crippen LogP contribution in [0, 0.1) is 0 Å². The van der Waals surface area contributed by atoms with Crippen molar-refractivity contribution in [2.24, 2.45) is 0 Å². The minimum atomic E-state index is -0.773. The average molecular weight is 256 g/mol. The molecule has 1 aromatic carbocycles. The summed E-state index contributed by atoms with van der Waals surface area (Å²) in [6, 6.07) is 7.90. The largest absolute Gasteiger partial charge is 0.390 e. The minimum Gasteiger partial charge on any atom is -0.390 e. The van der Waals surface area contributed by atoms with Crippen molar-refractivity contribution in [2.45, 2.75) is 43.6 Å². The second-order valence-electron chi connectivity index (χ2n) is 5.03. The van der Waals surface area contributed by atoms with Crippen LogP contribution in [-0.2, 0) is 14.6 Å². The van der Waals surface area contributed by atoms with Gasteiger partial charge in [0.05, 0.1) is 24.8 Å². The normalized spacial score (nSPS) is 12.8. The van der Waals surface area contributed by atoms with Gasteiger partial charge in [0, 0.05) is 10.3 Å². The second-order valence-corrected chi connectivity index (χ2v) is 5.80. The number of hydrogen-bond acceptors (Lipinski definition) is 4. The Labute approximate surface area is 107 Å². The van der Waals surface area contributed by atoms with Crippen molar-refractivity contribution in [3.05, 3.63) is 29.8 Å². The van der Waals surface area contributed by atoms with Crippen LogP contribution in [0.5, 0.6) is 0 Å². The molecule has 0 unspecified atom stereocenters. The van der Waals surface area contributed by atoms with E-state index < -0.39 is 5.60 Å². The topological polar surface area (TPSA) is 38.7 Å². The number of aliphatic hydroxyl groups is 1. The summed E-state index contributed by atoms with van der Waals surface area (Å²) >= 11 is 1.16. The summed E-state index contributed by atoms with van der Waals surface area (Å²) in [5.74, 6) is 0. The molecular formula is C13H20O3S. The van der Waals surface area contributed by atoms with Crippen LogP contribution in [0.3, 0.4) is 0 Å². The minimum absolute atomic E-state index is 0.307. The fourth-order valence-corrected chi connectivity index (χ4v) is 1.75. The van der Waals surface area contributed by atoms with Gasteiger partial charge in [0.2, 0.25) is 0 Å². The molecule has 1 rings (SSSR count). The monoisotopic (exact) mass is 256 g/mol. The van der Waals surface area contributed by atoms with Crippen LogP contribution in [0.4, 0.5) is 0 Å². The summed E-state index contributed by atoms with van der Waals surface area (Å²) in [5.41, 5.74) is 0.00924. The van der Waals surface area contributed by atoms with Crippen LogP contribution in [0.2, 0.25) is 0 Å². The predicted molar refractivity (Wildman–Crippen MR) is 69.7 cm³/mol. The Morgan fingerprint density at radius 1 is 1.06 bits per heavy atom. The van der Waals surface area contributed by atoms with E-state index in [0.717, 1.165) is 22.5 Å². The van der Waals surface area contributed by atoms with Crippen molar-refractivity contribution < 1.29 is 14.3 Å². The summed E-state index contributed by atoms with van der Waals surface area (Å²) in [6.45, 7) is 7.70. The van der Waals surface area contributed by atoms with Crippen molar-refractivity contribution in [2.75, 3.05) is 7.11 Å². The van der Waals surface area contributed by atoms with Gasteiger partial charge in [-0.25, -0.2) is 4.89 Å². The quantitative estimate of drug-likeness (QED) is 0.498. The van der Waals surface area contributed by atoms with Gasteiger partial charge in [-0.15, -0.1) is 0 Å².